The van der Waals surface area contributed by atoms with Gasteiger partial charge < -0.3 is 30.1 Å². The first kappa shape index (κ1) is 33.5. The topological polar surface area (TPSA) is 150 Å². The Morgan fingerprint density at radius 3 is 2.33 bits per heavy atom. The number of halogens is 6. The molecule has 246 valence electrons. The quantitative estimate of drug-likeness (QED) is 0.280. The predicted molar refractivity (Wildman–Crippen MR) is 142 cm³/mol. The molecule has 0 bridgehead atoms. The van der Waals surface area contributed by atoms with E-state index >= 15 is 0 Å². The molecule has 1 aromatic heterocycles. The monoisotopic (exact) mass is 647 g/mol. The summed E-state index contributed by atoms with van der Waals surface area (Å²) in [4.78, 5) is 53.6. The van der Waals surface area contributed by atoms with Gasteiger partial charge in [0.05, 0.1) is 6.54 Å². The lowest BCUT2D eigenvalue weighted by molar-refractivity contribution is -0.148. The van der Waals surface area contributed by atoms with E-state index in [0.717, 1.165) is 4.57 Å². The Morgan fingerprint density at radius 1 is 1.00 bits per heavy atom. The van der Waals surface area contributed by atoms with Crippen LogP contribution in [-0.4, -0.2) is 84.7 Å². The van der Waals surface area contributed by atoms with E-state index in [1.165, 1.54) is 9.80 Å². The number of likely N-dealkylation sites (tertiary alicyclic amines) is 1. The maximum absolute atomic E-state index is 14.6. The molecule has 1 saturated heterocycles. The molecule has 3 unspecified atom stereocenters. The van der Waals surface area contributed by atoms with Gasteiger partial charge in [0.15, 0.2) is 17.5 Å². The molecule has 3 atom stereocenters. The second-order valence-electron chi connectivity index (χ2n) is 11.2. The Morgan fingerprint density at radius 2 is 1.69 bits per heavy atom. The lowest BCUT2D eigenvalue weighted by atomic mass is 10.00. The Labute approximate surface area is 252 Å². The number of carboxylic acid groups (broad SMARTS) is 1. The van der Waals surface area contributed by atoms with Crippen LogP contribution in [0.4, 0.5) is 31.1 Å². The number of nitrogens with zero attached hydrogens (tertiary/aromatic N) is 5. The number of aromatic nitrogens is 3. The second kappa shape index (κ2) is 13.3. The van der Waals surface area contributed by atoms with Crippen LogP contribution >= 0.6 is 0 Å². The van der Waals surface area contributed by atoms with Crippen molar-refractivity contribution in [2.75, 3.05) is 13.1 Å². The maximum atomic E-state index is 14.6. The minimum atomic E-state index is -4.75. The summed E-state index contributed by atoms with van der Waals surface area (Å²) in [5.41, 5.74) is -0.356. The van der Waals surface area contributed by atoms with Gasteiger partial charge in [-0.2, -0.15) is 13.2 Å². The van der Waals surface area contributed by atoms with E-state index in [1.54, 1.807) is 13.8 Å². The summed E-state index contributed by atoms with van der Waals surface area (Å²) >= 11 is 0. The van der Waals surface area contributed by atoms with Gasteiger partial charge in [-0.1, -0.05) is 13.8 Å². The smallest absolute Gasteiger partial charge is 0.451 e. The lowest BCUT2D eigenvalue weighted by Gasteiger charge is -2.32. The third-order valence-electron chi connectivity index (χ3n) is 7.73. The normalized spacial score (nSPS) is 18.0. The Hall–Kier alpha value is -4.38. The SMILES string of the molecule is CC(C)C(NC(=O)O)C(=O)N1CCCC1C(=O)NC(CC(=O)N1CCn2c(nnc2C(F)(F)F)C1)Cc1cc(F)c(F)cc1F. The average Bonchev–Trinajstić information content (AvgIpc) is 3.61. The highest BCUT2D eigenvalue weighted by atomic mass is 19.4. The number of alkyl halides is 3. The molecule has 12 nitrogen and oxygen atoms in total. The standard InChI is InChI=1S/C27H31F6N7O5/c1-13(2)22(35-26(44)45)24(43)39-5-3-4-19(39)23(42)34-15(8-14-9-17(29)18(30)11-16(14)28)10-21(41)38-6-7-40-20(12-38)36-37-25(40)27(31,32)33/h9,11,13,15,19,22,35H,3-8,10,12H2,1-2H3,(H,34,42)(H,44,45). The van der Waals surface area contributed by atoms with Crippen LogP contribution in [0.1, 0.15) is 50.3 Å². The zero-order chi connectivity index (χ0) is 33.2. The molecule has 18 heteroatoms. The second-order valence-corrected chi connectivity index (χ2v) is 11.2. The Kier molecular flexibility index (Phi) is 9.92. The molecule has 4 amide bonds. The molecule has 0 saturated carbocycles. The molecule has 0 spiro atoms. The fraction of sp³-hybridized carbons (Fsp3) is 0.556. The van der Waals surface area contributed by atoms with E-state index in [9.17, 15) is 45.5 Å². The van der Waals surface area contributed by atoms with E-state index in [1.807, 2.05) is 0 Å². The van der Waals surface area contributed by atoms with Crippen LogP contribution in [0.3, 0.4) is 0 Å². The zero-order valence-corrected chi connectivity index (χ0v) is 24.2. The third kappa shape index (κ3) is 7.65. The lowest BCUT2D eigenvalue weighted by Crippen LogP contribution is -2.56. The van der Waals surface area contributed by atoms with Crippen molar-refractivity contribution in [2.24, 2.45) is 5.92 Å². The number of carbonyl (C=O) groups excluding carboxylic acids is 3. The zero-order valence-electron chi connectivity index (χ0n) is 24.2. The largest absolute Gasteiger partial charge is 0.465 e. The Bertz CT molecular complexity index is 1470. The molecule has 3 N–H and O–H groups in total. The van der Waals surface area contributed by atoms with Gasteiger partial charge in [-0.3, -0.25) is 14.4 Å². The fourth-order valence-electron chi connectivity index (χ4n) is 5.51. The minimum Gasteiger partial charge on any atom is -0.465 e. The highest BCUT2D eigenvalue weighted by Gasteiger charge is 2.41. The molecule has 3 heterocycles. The molecular weight excluding hydrogens is 616 g/mol. The van der Waals surface area contributed by atoms with E-state index < -0.39 is 90.2 Å². The molecule has 2 aliphatic rings. The number of fused-ring (bicyclic) bond motifs is 1. The number of benzene rings is 1. The van der Waals surface area contributed by atoms with E-state index in [2.05, 4.69) is 20.8 Å². The van der Waals surface area contributed by atoms with Crippen molar-refractivity contribution in [1.82, 2.24) is 35.2 Å². The first-order chi connectivity index (χ1) is 21.1. The number of hydrogen-bond donors (Lipinski definition) is 3. The molecule has 45 heavy (non-hydrogen) atoms. The summed E-state index contributed by atoms with van der Waals surface area (Å²) in [5, 5.41) is 20.6. The van der Waals surface area contributed by atoms with E-state index in [4.69, 9.17) is 5.11 Å². The number of hydrogen-bond acceptors (Lipinski definition) is 6. The average molecular weight is 648 g/mol. The van der Waals surface area contributed by atoms with Gasteiger partial charge in [0, 0.05) is 38.2 Å². The van der Waals surface area contributed by atoms with Crippen LogP contribution in [-0.2, 0) is 40.1 Å². The van der Waals surface area contributed by atoms with Crippen molar-refractivity contribution < 1.29 is 50.6 Å². The van der Waals surface area contributed by atoms with Crippen molar-refractivity contribution in [3.8, 4) is 0 Å². The summed E-state index contributed by atoms with van der Waals surface area (Å²) in [7, 11) is 0. The molecule has 0 aliphatic carbocycles. The minimum absolute atomic E-state index is 0.121. The molecule has 1 aromatic carbocycles. The van der Waals surface area contributed by atoms with Gasteiger partial charge in [0.2, 0.25) is 23.5 Å². The van der Waals surface area contributed by atoms with Gasteiger partial charge in [0.1, 0.15) is 17.9 Å². The van der Waals surface area contributed by atoms with Gasteiger partial charge in [0.25, 0.3) is 0 Å². The van der Waals surface area contributed by atoms with Crippen LogP contribution in [0.15, 0.2) is 12.1 Å². The number of nitrogens with one attached hydrogen (secondary N) is 2. The summed E-state index contributed by atoms with van der Waals surface area (Å²) in [5.74, 6) is -7.77. The summed E-state index contributed by atoms with van der Waals surface area (Å²) < 4.78 is 82.6. The molecule has 2 aromatic rings. The van der Waals surface area contributed by atoms with Crippen LogP contribution in [0.25, 0.3) is 0 Å². The van der Waals surface area contributed by atoms with Gasteiger partial charge in [-0.15, -0.1) is 10.2 Å². The van der Waals surface area contributed by atoms with E-state index in [0.29, 0.717) is 18.6 Å². The maximum Gasteiger partial charge on any atom is 0.451 e. The molecular formula is C27H31F6N7O5. The van der Waals surface area contributed by atoms with Crippen LogP contribution in [0.5, 0.6) is 0 Å². The number of carbonyl (C=O) groups is 4. The summed E-state index contributed by atoms with van der Waals surface area (Å²) in [6.07, 6.45) is -6.58. The van der Waals surface area contributed by atoms with Crippen molar-refractivity contribution >= 4 is 23.8 Å². The van der Waals surface area contributed by atoms with Crippen molar-refractivity contribution in [3.63, 3.8) is 0 Å². The molecule has 2 aliphatic heterocycles. The van der Waals surface area contributed by atoms with Crippen LogP contribution < -0.4 is 10.6 Å². The fourth-order valence-corrected chi connectivity index (χ4v) is 5.51. The Balaban J connectivity index is 1.54. The number of amides is 4. The first-order valence-corrected chi connectivity index (χ1v) is 14.1. The molecule has 0 radical (unpaired) electrons. The van der Waals surface area contributed by atoms with Crippen LogP contribution in [0, 0.1) is 23.4 Å². The van der Waals surface area contributed by atoms with Crippen molar-refractivity contribution in [3.05, 3.63) is 46.8 Å². The van der Waals surface area contributed by atoms with Crippen molar-refractivity contribution in [2.45, 2.75) is 76.9 Å². The predicted octanol–water partition coefficient (Wildman–Crippen LogP) is 2.46. The highest BCUT2D eigenvalue weighted by Crippen LogP contribution is 2.30. The van der Waals surface area contributed by atoms with E-state index in [-0.39, 0.29) is 44.0 Å². The van der Waals surface area contributed by atoms with Crippen molar-refractivity contribution in [1.29, 1.82) is 0 Å². The first-order valence-electron chi connectivity index (χ1n) is 14.1. The third-order valence-corrected chi connectivity index (χ3v) is 7.73. The van der Waals surface area contributed by atoms with Gasteiger partial charge in [-0.05, 0) is 36.8 Å². The number of rotatable bonds is 9. The summed E-state index contributed by atoms with van der Waals surface area (Å²) in [6, 6.07) is -2.53. The van der Waals surface area contributed by atoms with Crippen LogP contribution in [0.2, 0.25) is 0 Å². The highest BCUT2D eigenvalue weighted by molar-refractivity contribution is 5.92. The summed E-state index contributed by atoms with van der Waals surface area (Å²) in [6.45, 7) is 2.62. The van der Waals surface area contributed by atoms with Gasteiger partial charge in [-0.25, -0.2) is 18.0 Å². The molecule has 1 fully saturated rings. The molecule has 4 rings (SSSR count). The van der Waals surface area contributed by atoms with Gasteiger partial charge >= 0.3 is 12.3 Å².